The van der Waals surface area contributed by atoms with E-state index < -0.39 is 15.3 Å². The Morgan fingerprint density at radius 2 is 1.94 bits per heavy atom. The molecule has 5 nitrogen and oxygen atoms in total. The highest BCUT2D eigenvalue weighted by Gasteiger charge is 2.43. The number of thiocarbonyl (C=S) groups is 1. The van der Waals surface area contributed by atoms with E-state index in [0.29, 0.717) is 12.8 Å². The summed E-state index contributed by atoms with van der Waals surface area (Å²) in [6.07, 6.45) is 4.31. The van der Waals surface area contributed by atoms with Gasteiger partial charge in [0.15, 0.2) is 0 Å². The summed E-state index contributed by atoms with van der Waals surface area (Å²) in [7, 11) is -3.06. The van der Waals surface area contributed by atoms with E-state index in [2.05, 4.69) is 5.32 Å². The van der Waals surface area contributed by atoms with Crippen molar-refractivity contribution in [2.24, 2.45) is 11.1 Å². The van der Waals surface area contributed by atoms with Crippen LogP contribution in [0.5, 0.6) is 0 Å². The van der Waals surface area contributed by atoms with Crippen molar-refractivity contribution in [3.63, 3.8) is 0 Å². The second kappa shape index (κ2) is 5.30. The molecule has 0 radical (unpaired) electrons. The van der Waals surface area contributed by atoms with Crippen LogP contribution in [0.25, 0.3) is 0 Å². The Bertz CT molecular complexity index is 411. The van der Waals surface area contributed by atoms with Gasteiger partial charge in [0.25, 0.3) is 0 Å². The molecule has 1 rings (SSSR count). The molecule has 17 heavy (non-hydrogen) atoms. The van der Waals surface area contributed by atoms with Gasteiger partial charge in [-0.05, 0) is 12.8 Å². The average Bonchev–Trinajstić information content (AvgIpc) is 2.64. The summed E-state index contributed by atoms with van der Waals surface area (Å²) < 4.78 is 21.9. The molecular weight excluding hydrogens is 260 g/mol. The normalized spacial score (nSPS) is 18.9. The molecule has 0 aromatic rings. The molecule has 1 amide bonds. The second-order valence-electron chi connectivity index (χ2n) is 4.54. The van der Waals surface area contributed by atoms with Gasteiger partial charge in [-0.25, -0.2) is 8.42 Å². The first-order valence-corrected chi connectivity index (χ1v) is 8.01. The Morgan fingerprint density at radius 1 is 1.41 bits per heavy atom. The van der Waals surface area contributed by atoms with E-state index in [1.807, 2.05) is 0 Å². The molecule has 0 saturated heterocycles. The molecule has 0 unspecified atom stereocenters. The van der Waals surface area contributed by atoms with E-state index in [9.17, 15) is 13.2 Å². The fourth-order valence-electron chi connectivity index (χ4n) is 2.08. The molecule has 1 fully saturated rings. The lowest BCUT2D eigenvalue weighted by atomic mass is 9.85. The average molecular weight is 278 g/mol. The van der Waals surface area contributed by atoms with E-state index in [1.165, 1.54) is 0 Å². The topological polar surface area (TPSA) is 89.3 Å². The van der Waals surface area contributed by atoms with Gasteiger partial charge in [0.05, 0.1) is 16.2 Å². The molecule has 1 aliphatic rings. The van der Waals surface area contributed by atoms with Crippen molar-refractivity contribution in [2.45, 2.75) is 25.7 Å². The van der Waals surface area contributed by atoms with Crippen molar-refractivity contribution >= 4 is 33.0 Å². The van der Waals surface area contributed by atoms with Crippen LogP contribution in [-0.4, -0.2) is 37.9 Å². The minimum Gasteiger partial charge on any atom is -0.392 e. The molecule has 0 heterocycles. The van der Waals surface area contributed by atoms with E-state index in [0.717, 1.165) is 19.1 Å². The highest BCUT2D eigenvalue weighted by Crippen LogP contribution is 2.38. The third-order valence-corrected chi connectivity index (χ3v) is 4.46. The third-order valence-electron chi connectivity index (χ3n) is 3.12. The summed E-state index contributed by atoms with van der Waals surface area (Å²) in [5, 5.41) is 2.62. The fourth-order valence-corrected chi connectivity index (χ4v) is 2.85. The van der Waals surface area contributed by atoms with Crippen LogP contribution in [0, 0.1) is 5.41 Å². The Kier molecular flexibility index (Phi) is 4.48. The first-order chi connectivity index (χ1) is 7.78. The molecule has 0 aromatic carbocycles. The highest BCUT2D eigenvalue weighted by atomic mass is 32.2. The molecule has 98 valence electrons. The van der Waals surface area contributed by atoms with Gasteiger partial charge < -0.3 is 11.1 Å². The van der Waals surface area contributed by atoms with Gasteiger partial charge in [0, 0.05) is 12.8 Å². The smallest absolute Gasteiger partial charge is 0.233 e. The van der Waals surface area contributed by atoms with Gasteiger partial charge in [-0.1, -0.05) is 25.1 Å². The monoisotopic (exact) mass is 278 g/mol. The van der Waals surface area contributed by atoms with Gasteiger partial charge in [-0.3, -0.25) is 4.79 Å². The number of sulfone groups is 1. The van der Waals surface area contributed by atoms with Gasteiger partial charge in [0.1, 0.15) is 9.84 Å². The van der Waals surface area contributed by atoms with Gasteiger partial charge in [0.2, 0.25) is 5.91 Å². The Labute approximate surface area is 107 Å². The van der Waals surface area contributed by atoms with Gasteiger partial charge >= 0.3 is 0 Å². The van der Waals surface area contributed by atoms with Gasteiger partial charge in [-0.15, -0.1) is 0 Å². The second-order valence-corrected chi connectivity index (χ2v) is 7.24. The molecule has 0 spiro atoms. The van der Waals surface area contributed by atoms with Crippen molar-refractivity contribution in [1.82, 2.24) is 5.32 Å². The maximum atomic E-state index is 12.0. The number of carbonyl (C=O) groups is 1. The number of rotatable bonds is 5. The van der Waals surface area contributed by atoms with Crippen LogP contribution >= 0.6 is 12.2 Å². The maximum absolute atomic E-state index is 12.0. The Hall–Kier alpha value is -0.690. The van der Waals surface area contributed by atoms with Crippen LogP contribution in [0.1, 0.15) is 25.7 Å². The van der Waals surface area contributed by atoms with Crippen molar-refractivity contribution in [1.29, 1.82) is 0 Å². The van der Waals surface area contributed by atoms with Crippen LogP contribution < -0.4 is 11.1 Å². The zero-order chi connectivity index (χ0) is 13.1. The summed E-state index contributed by atoms with van der Waals surface area (Å²) in [5.74, 6) is -0.294. The predicted molar refractivity (Wildman–Crippen MR) is 70.4 cm³/mol. The number of hydrogen-bond acceptors (Lipinski definition) is 4. The summed E-state index contributed by atoms with van der Waals surface area (Å²) >= 11 is 4.97. The molecular formula is C10H18N2O3S2. The van der Waals surface area contributed by atoms with Crippen molar-refractivity contribution in [2.75, 3.05) is 18.6 Å². The lowest BCUT2D eigenvalue weighted by molar-refractivity contribution is -0.127. The van der Waals surface area contributed by atoms with E-state index in [-0.39, 0.29) is 23.2 Å². The number of nitrogens with two attached hydrogens (primary N) is 1. The van der Waals surface area contributed by atoms with Gasteiger partial charge in [-0.2, -0.15) is 0 Å². The maximum Gasteiger partial charge on any atom is 0.233 e. The fraction of sp³-hybridized carbons (Fsp3) is 0.800. The van der Waals surface area contributed by atoms with E-state index in [1.54, 1.807) is 0 Å². The Balaban J connectivity index is 2.59. The van der Waals surface area contributed by atoms with Crippen LogP contribution in [0.3, 0.4) is 0 Å². The van der Waals surface area contributed by atoms with Crippen molar-refractivity contribution < 1.29 is 13.2 Å². The third kappa shape index (κ3) is 3.64. The van der Waals surface area contributed by atoms with Crippen LogP contribution in [-0.2, 0) is 14.6 Å². The quantitative estimate of drug-likeness (QED) is 0.691. The van der Waals surface area contributed by atoms with Crippen molar-refractivity contribution in [3.8, 4) is 0 Å². The largest absolute Gasteiger partial charge is 0.392 e. The summed E-state index contributed by atoms with van der Waals surface area (Å²) in [5.41, 5.74) is 4.89. The predicted octanol–water partition coefficient (Wildman–Crippen LogP) is -0.00630. The number of hydrogen-bond donors (Lipinski definition) is 2. The molecule has 0 bridgehead atoms. The SMILES string of the molecule is CS(=O)(=O)CCNC(=O)C1(C(N)=S)CCCC1. The minimum atomic E-state index is -3.06. The van der Waals surface area contributed by atoms with Crippen LogP contribution in [0.4, 0.5) is 0 Å². The molecule has 3 N–H and O–H groups in total. The minimum absolute atomic E-state index is 0.0633. The first kappa shape index (κ1) is 14.4. The number of carbonyl (C=O) groups excluding carboxylic acids is 1. The summed E-state index contributed by atoms with van der Waals surface area (Å²) in [4.78, 5) is 12.2. The molecule has 7 heteroatoms. The van der Waals surface area contributed by atoms with Crippen molar-refractivity contribution in [3.05, 3.63) is 0 Å². The molecule has 0 aromatic heterocycles. The molecule has 0 aliphatic heterocycles. The van der Waals surface area contributed by atoms with E-state index >= 15 is 0 Å². The summed E-state index contributed by atoms with van der Waals surface area (Å²) in [6, 6.07) is 0. The lowest BCUT2D eigenvalue weighted by Gasteiger charge is -2.26. The lowest BCUT2D eigenvalue weighted by Crippen LogP contribution is -2.48. The van der Waals surface area contributed by atoms with Crippen LogP contribution in [0.2, 0.25) is 0 Å². The molecule has 1 aliphatic carbocycles. The zero-order valence-corrected chi connectivity index (χ0v) is 11.5. The standard InChI is InChI=1S/C10H18N2O3S2/c1-17(14,15)7-6-12-9(13)10(8(11)16)4-2-3-5-10/h2-7H2,1H3,(H2,11,16)(H,12,13). The Morgan fingerprint density at radius 3 is 2.35 bits per heavy atom. The van der Waals surface area contributed by atoms with E-state index in [4.69, 9.17) is 18.0 Å². The van der Waals surface area contributed by atoms with Crippen LogP contribution in [0.15, 0.2) is 0 Å². The highest BCUT2D eigenvalue weighted by molar-refractivity contribution is 7.90. The zero-order valence-electron chi connectivity index (χ0n) is 9.86. The first-order valence-electron chi connectivity index (χ1n) is 5.54. The number of nitrogens with one attached hydrogen (secondary N) is 1. The molecule has 0 atom stereocenters. The number of amides is 1. The summed E-state index contributed by atoms with van der Waals surface area (Å²) in [6.45, 7) is 0.113. The molecule has 1 saturated carbocycles.